The number of rotatable bonds is 7. The second-order valence-corrected chi connectivity index (χ2v) is 5.73. The fourth-order valence-corrected chi connectivity index (χ4v) is 2.39. The molecule has 0 aliphatic rings. The van der Waals surface area contributed by atoms with E-state index in [1.807, 2.05) is 36.4 Å². The molecule has 3 aromatic rings. The molecular formula is C20H21FN4. The summed E-state index contributed by atoms with van der Waals surface area (Å²) in [4.78, 5) is 9.20. The Bertz CT molecular complexity index is 804. The van der Waals surface area contributed by atoms with Crippen molar-refractivity contribution in [1.82, 2.24) is 9.97 Å². The first-order valence-corrected chi connectivity index (χ1v) is 8.41. The zero-order valence-electron chi connectivity index (χ0n) is 14.2. The molecule has 0 amide bonds. The van der Waals surface area contributed by atoms with E-state index < -0.39 is 0 Å². The topological polar surface area (TPSA) is 49.8 Å². The summed E-state index contributed by atoms with van der Waals surface area (Å²) in [6.45, 7) is 3.53. The van der Waals surface area contributed by atoms with Crippen molar-refractivity contribution in [1.29, 1.82) is 0 Å². The molecule has 1 aromatic heterocycles. The molecule has 0 unspecified atom stereocenters. The van der Waals surface area contributed by atoms with E-state index in [2.05, 4.69) is 27.5 Å². The molecule has 2 N–H and O–H groups in total. The molecule has 0 bridgehead atoms. The number of nitrogens with zero attached hydrogens (tertiary/aromatic N) is 2. The van der Waals surface area contributed by atoms with Crippen molar-refractivity contribution in [2.75, 3.05) is 17.2 Å². The zero-order valence-corrected chi connectivity index (χ0v) is 14.2. The van der Waals surface area contributed by atoms with Gasteiger partial charge in [-0.15, -0.1) is 0 Å². The van der Waals surface area contributed by atoms with Crippen LogP contribution in [0, 0.1) is 5.82 Å². The van der Waals surface area contributed by atoms with Crippen LogP contribution >= 0.6 is 0 Å². The smallest absolute Gasteiger partial charge is 0.163 e. The van der Waals surface area contributed by atoms with Crippen LogP contribution in [0.5, 0.6) is 0 Å². The SMILES string of the molecule is CCCNc1cc(NCc2ccc(F)cc2)nc(-c2ccccc2)n1. The van der Waals surface area contributed by atoms with Gasteiger partial charge in [0.05, 0.1) is 0 Å². The average Bonchev–Trinajstić information content (AvgIpc) is 2.66. The lowest BCUT2D eigenvalue weighted by Gasteiger charge is -2.11. The largest absolute Gasteiger partial charge is 0.370 e. The Kier molecular flexibility index (Phi) is 5.57. The van der Waals surface area contributed by atoms with Crippen LogP contribution in [-0.4, -0.2) is 16.5 Å². The molecular weight excluding hydrogens is 315 g/mol. The normalized spacial score (nSPS) is 10.5. The van der Waals surface area contributed by atoms with E-state index in [-0.39, 0.29) is 5.82 Å². The van der Waals surface area contributed by atoms with Crippen LogP contribution < -0.4 is 10.6 Å². The van der Waals surface area contributed by atoms with Gasteiger partial charge >= 0.3 is 0 Å². The van der Waals surface area contributed by atoms with Gasteiger partial charge in [-0.3, -0.25) is 0 Å². The van der Waals surface area contributed by atoms with Crippen molar-refractivity contribution in [3.05, 3.63) is 72.0 Å². The van der Waals surface area contributed by atoms with Crippen molar-refractivity contribution < 1.29 is 4.39 Å². The van der Waals surface area contributed by atoms with Crippen LogP contribution in [0.4, 0.5) is 16.0 Å². The predicted molar refractivity (Wildman–Crippen MR) is 100.0 cm³/mol. The van der Waals surface area contributed by atoms with Crippen molar-refractivity contribution in [2.24, 2.45) is 0 Å². The standard InChI is InChI=1S/C20H21FN4/c1-2-12-22-18-13-19(23-14-15-8-10-17(21)11-9-15)25-20(24-18)16-6-4-3-5-7-16/h3-11,13H,2,12,14H2,1H3,(H2,22,23,24,25). The zero-order chi connectivity index (χ0) is 17.5. The van der Waals surface area contributed by atoms with Crippen molar-refractivity contribution >= 4 is 11.6 Å². The summed E-state index contributed by atoms with van der Waals surface area (Å²) < 4.78 is 13.0. The summed E-state index contributed by atoms with van der Waals surface area (Å²) >= 11 is 0. The number of anilines is 2. The third-order valence-corrected chi connectivity index (χ3v) is 3.70. The summed E-state index contributed by atoms with van der Waals surface area (Å²) in [6.07, 6.45) is 1.02. The Labute approximate surface area is 147 Å². The molecule has 0 aliphatic carbocycles. The fourth-order valence-electron chi connectivity index (χ4n) is 2.39. The Morgan fingerprint density at radius 3 is 2.24 bits per heavy atom. The third kappa shape index (κ3) is 4.76. The molecule has 0 atom stereocenters. The highest BCUT2D eigenvalue weighted by atomic mass is 19.1. The molecule has 0 aliphatic heterocycles. The highest BCUT2D eigenvalue weighted by Crippen LogP contribution is 2.20. The molecule has 4 nitrogen and oxygen atoms in total. The first kappa shape index (κ1) is 16.9. The van der Waals surface area contributed by atoms with Crippen LogP contribution in [0.1, 0.15) is 18.9 Å². The Balaban J connectivity index is 1.82. The number of nitrogens with one attached hydrogen (secondary N) is 2. The second-order valence-electron chi connectivity index (χ2n) is 5.73. The van der Waals surface area contributed by atoms with Crippen molar-refractivity contribution in [2.45, 2.75) is 19.9 Å². The lowest BCUT2D eigenvalue weighted by molar-refractivity contribution is 0.627. The number of aromatic nitrogens is 2. The maximum Gasteiger partial charge on any atom is 0.163 e. The summed E-state index contributed by atoms with van der Waals surface area (Å²) in [7, 11) is 0. The lowest BCUT2D eigenvalue weighted by Crippen LogP contribution is -2.07. The van der Waals surface area contributed by atoms with Gasteiger partial charge < -0.3 is 10.6 Å². The summed E-state index contributed by atoms with van der Waals surface area (Å²) in [6, 6.07) is 18.2. The van der Waals surface area contributed by atoms with E-state index in [0.717, 1.165) is 35.7 Å². The van der Waals surface area contributed by atoms with Gasteiger partial charge in [0.25, 0.3) is 0 Å². The minimum atomic E-state index is -0.233. The Morgan fingerprint density at radius 1 is 0.880 bits per heavy atom. The highest BCUT2D eigenvalue weighted by molar-refractivity contribution is 5.61. The molecule has 3 rings (SSSR count). The van der Waals surface area contributed by atoms with Crippen LogP contribution in [-0.2, 0) is 6.54 Å². The number of hydrogen-bond acceptors (Lipinski definition) is 4. The van der Waals surface area contributed by atoms with Crippen LogP contribution in [0.25, 0.3) is 11.4 Å². The fraction of sp³-hybridized carbons (Fsp3) is 0.200. The van der Waals surface area contributed by atoms with Gasteiger partial charge in [-0.2, -0.15) is 0 Å². The number of hydrogen-bond donors (Lipinski definition) is 2. The predicted octanol–water partition coefficient (Wildman–Crippen LogP) is 4.72. The van der Waals surface area contributed by atoms with Gasteiger partial charge in [0.15, 0.2) is 5.82 Å². The van der Waals surface area contributed by atoms with E-state index in [4.69, 9.17) is 0 Å². The first-order chi connectivity index (χ1) is 12.2. The van der Waals surface area contributed by atoms with Crippen molar-refractivity contribution in [3.63, 3.8) is 0 Å². The maximum absolute atomic E-state index is 13.0. The lowest BCUT2D eigenvalue weighted by atomic mass is 10.2. The Morgan fingerprint density at radius 2 is 1.56 bits per heavy atom. The van der Waals surface area contributed by atoms with Gasteiger partial charge in [-0.25, -0.2) is 14.4 Å². The first-order valence-electron chi connectivity index (χ1n) is 8.41. The monoisotopic (exact) mass is 336 g/mol. The second kappa shape index (κ2) is 8.24. The molecule has 0 radical (unpaired) electrons. The molecule has 2 aromatic carbocycles. The minimum Gasteiger partial charge on any atom is -0.370 e. The highest BCUT2D eigenvalue weighted by Gasteiger charge is 2.07. The molecule has 0 fully saturated rings. The number of benzene rings is 2. The quantitative estimate of drug-likeness (QED) is 0.656. The van der Waals surface area contributed by atoms with Gasteiger partial charge in [-0.05, 0) is 24.1 Å². The minimum absolute atomic E-state index is 0.233. The van der Waals surface area contributed by atoms with Crippen molar-refractivity contribution in [3.8, 4) is 11.4 Å². The van der Waals surface area contributed by atoms with Crippen LogP contribution in [0.3, 0.4) is 0 Å². The van der Waals surface area contributed by atoms with E-state index in [9.17, 15) is 4.39 Å². The summed E-state index contributed by atoms with van der Waals surface area (Å²) in [5.74, 6) is 1.96. The van der Waals surface area contributed by atoms with Gasteiger partial charge in [-0.1, -0.05) is 49.4 Å². The van der Waals surface area contributed by atoms with Crippen LogP contribution in [0.2, 0.25) is 0 Å². The van der Waals surface area contributed by atoms with E-state index in [0.29, 0.717) is 12.4 Å². The van der Waals surface area contributed by atoms with Crippen LogP contribution in [0.15, 0.2) is 60.7 Å². The van der Waals surface area contributed by atoms with E-state index in [1.54, 1.807) is 12.1 Å². The Hall–Kier alpha value is -2.95. The molecule has 1 heterocycles. The molecule has 128 valence electrons. The maximum atomic E-state index is 13.0. The van der Waals surface area contributed by atoms with E-state index >= 15 is 0 Å². The van der Waals surface area contributed by atoms with Gasteiger partial charge in [0.2, 0.25) is 0 Å². The van der Waals surface area contributed by atoms with E-state index in [1.165, 1.54) is 12.1 Å². The molecule has 25 heavy (non-hydrogen) atoms. The van der Waals surface area contributed by atoms with Gasteiger partial charge in [0.1, 0.15) is 17.5 Å². The molecule has 0 saturated carbocycles. The summed E-state index contributed by atoms with van der Waals surface area (Å²) in [5.41, 5.74) is 1.96. The average molecular weight is 336 g/mol. The number of halogens is 1. The molecule has 0 spiro atoms. The van der Waals surface area contributed by atoms with Gasteiger partial charge in [0, 0.05) is 24.7 Å². The summed E-state index contributed by atoms with van der Waals surface area (Å²) in [5, 5.41) is 6.60. The molecule has 0 saturated heterocycles. The third-order valence-electron chi connectivity index (χ3n) is 3.70. The molecule has 5 heteroatoms.